The first kappa shape index (κ1) is 24.9. The van der Waals surface area contributed by atoms with Crippen LogP contribution in [0.25, 0.3) is 0 Å². The average molecular weight is 458 g/mol. The van der Waals surface area contributed by atoms with Gasteiger partial charge < -0.3 is 10.1 Å². The molecule has 1 aromatic heterocycles. The van der Waals surface area contributed by atoms with Gasteiger partial charge in [0.25, 0.3) is 11.5 Å². The van der Waals surface area contributed by atoms with Crippen molar-refractivity contribution in [2.75, 3.05) is 27.7 Å². The Kier molecular flexibility index (Phi) is 7.59. The molecule has 8 nitrogen and oxygen atoms in total. The molecule has 180 valence electrons. The Morgan fingerprint density at radius 3 is 2.42 bits per heavy atom. The first-order valence-electron chi connectivity index (χ1n) is 11.7. The lowest BCUT2D eigenvalue weighted by molar-refractivity contribution is -0.00845. The third-order valence-corrected chi connectivity index (χ3v) is 6.37. The highest BCUT2D eigenvalue weighted by molar-refractivity contribution is 5.94. The van der Waals surface area contributed by atoms with Crippen LogP contribution in [0.4, 0.5) is 5.69 Å². The molecule has 1 aliphatic rings. The van der Waals surface area contributed by atoms with Crippen molar-refractivity contribution in [2.45, 2.75) is 58.9 Å². The van der Waals surface area contributed by atoms with Crippen molar-refractivity contribution < 1.29 is 9.53 Å². The summed E-state index contributed by atoms with van der Waals surface area (Å²) in [5, 5.41) is 2.88. The van der Waals surface area contributed by atoms with Gasteiger partial charge in [-0.1, -0.05) is 13.8 Å². The Morgan fingerprint density at radius 2 is 1.85 bits per heavy atom. The van der Waals surface area contributed by atoms with E-state index in [1.54, 1.807) is 17.7 Å². The summed E-state index contributed by atoms with van der Waals surface area (Å²) in [5.74, 6) is 0.190. The Labute approximate surface area is 195 Å². The third kappa shape index (κ3) is 5.62. The number of rotatable bonds is 8. The minimum atomic E-state index is -0.359. The van der Waals surface area contributed by atoms with E-state index >= 15 is 0 Å². The first-order chi connectivity index (χ1) is 15.5. The molecule has 1 amide bonds. The summed E-state index contributed by atoms with van der Waals surface area (Å²) in [6, 6.07) is 7.51. The van der Waals surface area contributed by atoms with Gasteiger partial charge in [0.05, 0.1) is 27.2 Å². The van der Waals surface area contributed by atoms with Crippen LogP contribution in [0.1, 0.15) is 55.3 Å². The summed E-state index contributed by atoms with van der Waals surface area (Å²) in [6.07, 6.45) is 3.49. The fourth-order valence-electron chi connectivity index (χ4n) is 4.30. The smallest absolute Gasteiger partial charge is 0.333 e. The largest absolute Gasteiger partial charge is 0.354 e. The van der Waals surface area contributed by atoms with Crippen LogP contribution < -0.4 is 21.0 Å². The molecule has 1 aliphatic heterocycles. The molecule has 8 heteroatoms. The fraction of sp³-hybridized carbons (Fsp3) is 0.560. The zero-order valence-corrected chi connectivity index (χ0v) is 20.6. The molecular formula is C25H37N4O4+. The molecule has 1 aromatic carbocycles. The summed E-state index contributed by atoms with van der Waals surface area (Å²) in [7, 11) is 6.20. The van der Waals surface area contributed by atoms with Crippen molar-refractivity contribution in [3.8, 4) is 0 Å². The zero-order valence-electron chi connectivity index (χ0n) is 20.6. The maximum atomic E-state index is 13.1. The lowest BCUT2D eigenvalue weighted by Crippen LogP contribution is -2.42. The van der Waals surface area contributed by atoms with Crippen molar-refractivity contribution in [1.29, 1.82) is 0 Å². The molecule has 1 fully saturated rings. The van der Waals surface area contributed by atoms with Crippen molar-refractivity contribution in [3.63, 3.8) is 0 Å². The number of nitrogens with one attached hydrogen (secondary N) is 1. The summed E-state index contributed by atoms with van der Waals surface area (Å²) in [5.41, 5.74) is 1.54. The highest BCUT2D eigenvalue weighted by Crippen LogP contribution is 2.33. The van der Waals surface area contributed by atoms with Gasteiger partial charge in [-0.3, -0.25) is 23.2 Å². The maximum Gasteiger partial charge on any atom is 0.333 e. The van der Waals surface area contributed by atoms with Gasteiger partial charge >= 0.3 is 5.69 Å². The number of hydrogen-bond acceptors (Lipinski definition) is 4. The molecule has 1 saturated heterocycles. The summed E-state index contributed by atoms with van der Waals surface area (Å²) < 4.78 is 9.55. The molecule has 2 heterocycles. The van der Waals surface area contributed by atoms with E-state index in [4.69, 9.17) is 4.74 Å². The summed E-state index contributed by atoms with van der Waals surface area (Å²) in [4.78, 5) is 38.1. The number of hydrogen-bond donors (Lipinski definition) is 1. The van der Waals surface area contributed by atoms with Gasteiger partial charge in [-0.15, -0.1) is 0 Å². The van der Waals surface area contributed by atoms with Gasteiger partial charge in [0, 0.05) is 30.4 Å². The lowest BCUT2D eigenvalue weighted by atomic mass is 10.0. The van der Waals surface area contributed by atoms with Gasteiger partial charge in [-0.05, 0) is 56.4 Å². The Hall–Kier alpha value is -2.71. The van der Waals surface area contributed by atoms with Gasteiger partial charge in [-0.2, -0.15) is 0 Å². The number of carbonyl (C=O) groups excluding carboxylic acids is 1. The minimum absolute atomic E-state index is 0.120. The number of carbonyl (C=O) groups is 1. The van der Waals surface area contributed by atoms with Crippen molar-refractivity contribution in [2.24, 2.45) is 5.92 Å². The van der Waals surface area contributed by atoms with Crippen molar-refractivity contribution in [1.82, 2.24) is 18.9 Å². The molecule has 3 atom stereocenters. The number of quaternary nitrogens is 1. The minimum Gasteiger partial charge on any atom is -0.354 e. The molecule has 2 aromatic rings. The Morgan fingerprint density at radius 1 is 1.18 bits per heavy atom. The van der Waals surface area contributed by atoms with Crippen LogP contribution in [0.3, 0.4) is 0 Å². The average Bonchev–Trinajstić information content (AvgIpc) is 3.15. The second-order valence-corrected chi connectivity index (χ2v) is 9.88. The molecule has 0 bridgehead atoms. The van der Waals surface area contributed by atoms with E-state index in [2.05, 4.69) is 40.3 Å². The first-order valence-corrected chi connectivity index (χ1v) is 11.7. The summed E-state index contributed by atoms with van der Waals surface area (Å²) >= 11 is 0. The molecule has 33 heavy (non-hydrogen) atoms. The SMILES string of the molecule is CC[C@H]1O[C@@H](n2cc(C)c(=O)n(CCCNC(=O)c3ccc([N+](C)(C)C)cc3)c2=O)C[C@@H]1C. The Balaban J connectivity index is 1.63. The van der Waals surface area contributed by atoms with Crippen molar-refractivity contribution in [3.05, 3.63) is 62.4 Å². The zero-order chi connectivity index (χ0) is 24.3. The van der Waals surface area contributed by atoms with Crippen LogP contribution in [0.5, 0.6) is 0 Å². The number of amides is 1. The number of aryl methyl sites for hydroxylation is 1. The second-order valence-electron chi connectivity index (χ2n) is 9.88. The van der Waals surface area contributed by atoms with Crippen molar-refractivity contribution >= 4 is 11.6 Å². The van der Waals surface area contributed by atoms with E-state index in [0.717, 1.165) is 18.5 Å². The highest BCUT2D eigenvalue weighted by atomic mass is 16.5. The van der Waals surface area contributed by atoms with E-state index in [0.29, 0.717) is 34.5 Å². The molecule has 0 spiro atoms. The second kappa shape index (κ2) is 10.1. The molecule has 1 N–H and O–H groups in total. The fourth-order valence-corrected chi connectivity index (χ4v) is 4.30. The van der Waals surface area contributed by atoms with E-state index in [-0.39, 0.29) is 36.0 Å². The molecular weight excluding hydrogens is 420 g/mol. The number of nitrogens with zero attached hydrogens (tertiary/aromatic N) is 3. The van der Waals surface area contributed by atoms with Crippen LogP contribution in [0.15, 0.2) is 40.1 Å². The van der Waals surface area contributed by atoms with Gasteiger partial charge in [0.15, 0.2) is 0 Å². The number of aromatic nitrogens is 2. The quantitative estimate of drug-likeness (QED) is 0.488. The van der Waals surface area contributed by atoms with Crippen LogP contribution >= 0.6 is 0 Å². The topological polar surface area (TPSA) is 82.3 Å². The van der Waals surface area contributed by atoms with Gasteiger partial charge in [-0.25, -0.2) is 4.79 Å². The molecule has 0 aliphatic carbocycles. The van der Waals surface area contributed by atoms with Gasteiger partial charge in [0.2, 0.25) is 0 Å². The van der Waals surface area contributed by atoms with E-state index in [1.807, 2.05) is 24.3 Å². The number of ether oxygens (including phenoxy) is 1. The van der Waals surface area contributed by atoms with Crippen LogP contribution in [-0.4, -0.2) is 48.8 Å². The van der Waals surface area contributed by atoms with Crippen LogP contribution in [0, 0.1) is 12.8 Å². The lowest BCUT2D eigenvalue weighted by Gasteiger charge is -2.23. The monoisotopic (exact) mass is 457 g/mol. The Bertz CT molecular complexity index is 1100. The number of benzene rings is 1. The third-order valence-electron chi connectivity index (χ3n) is 6.37. The molecule has 3 rings (SSSR count). The summed E-state index contributed by atoms with van der Waals surface area (Å²) in [6.45, 7) is 6.52. The molecule has 0 radical (unpaired) electrons. The van der Waals surface area contributed by atoms with Crippen LogP contribution in [-0.2, 0) is 11.3 Å². The van der Waals surface area contributed by atoms with E-state index < -0.39 is 0 Å². The highest BCUT2D eigenvalue weighted by Gasteiger charge is 2.33. The van der Waals surface area contributed by atoms with Crippen LogP contribution in [0.2, 0.25) is 0 Å². The standard InChI is InChI=1S/C25H36N4O4/c1-7-21-17(2)15-22(33-21)28-16-18(3)24(31)27(25(28)32)14-8-13-26-23(30)19-9-11-20(12-10-19)29(4,5)6/h9-12,16-17,21-22H,7-8,13-15H2,1-6H3/p+1/t17-,21+,22+/m0/s1. The predicted molar refractivity (Wildman–Crippen MR) is 131 cm³/mol. The van der Waals surface area contributed by atoms with E-state index in [1.165, 1.54) is 4.57 Å². The normalized spacial score (nSPS) is 20.7. The van der Waals surface area contributed by atoms with E-state index in [9.17, 15) is 14.4 Å². The molecule has 0 saturated carbocycles. The maximum absolute atomic E-state index is 13.1. The molecule has 0 unspecified atom stereocenters. The van der Waals surface area contributed by atoms with Gasteiger partial charge in [0.1, 0.15) is 11.9 Å². The predicted octanol–water partition coefficient (Wildman–Crippen LogP) is 2.67.